The highest BCUT2D eigenvalue weighted by Crippen LogP contribution is 2.12. The quantitative estimate of drug-likeness (QED) is 0.0129. The highest BCUT2D eigenvalue weighted by molar-refractivity contribution is 7.80. The Morgan fingerprint density at radius 1 is 0.488 bits per heavy atom. The summed E-state index contributed by atoms with van der Waals surface area (Å²) in [6, 6.07) is -0.00247. The van der Waals surface area contributed by atoms with Crippen LogP contribution < -0.4 is 92.9 Å². The summed E-state index contributed by atoms with van der Waals surface area (Å²) in [6.07, 6.45) is 4.01. The lowest BCUT2D eigenvalue weighted by molar-refractivity contribution is -0.135. The largest absolute Gasteiger partial charge is 0.370 e. The fourth-order valence-electron chi connectivity index (χ4n) is 7.96. The molecule has 1 aromatic heterocycles. The first kappa shape index (κ1) is 72.9. The lowest BCUT2D eigenvalue weighted by atomic mass is 10.0. The minimum atomic E-state index is -1.51. The molecule has 2 rings (SSSR count). The Balaban J connectivity index is 2.32. The molecule has 33 heteroatoms. The number of carbonyl (C=O) groups excluding carboxylic acids is 11. The summed E-state index contributed by atoms with van der Waals surface area (Å²) in [5.41, 5.74) is 33.8. The third-order valence-corrected chi connectivity index (χ3v) is 12.6. The minimum Gasteiger partial charge on any atom is -0.370 e. The van der Waals surface area contributed by atoms with Gasteiger partial charge in [-0.3, -0.25) is 67.7 Å². The van der Waals surface area contributed by atoms with Crippen molar-refractivity contribution in [2.75, 3.05) is 45.0 Å². The van der Waals surface area contributed by atoms with Crippen LogP contribution in [0.2, 0.25) is 0 Å². The zero-order valence-corrected chi connectivity index (χ0v) is 50.3. The molecule has 32 nitrogen and oxygen atoms in total. The molecule has 476 valence electrons. The average Bonchev–Trinajstić information content (AvgIpc) is 3.70. The molecule has 1 heterocycles. The molecule has 0 radical (unpaired) electrons. The van der Waals surface area contributed by atoms with Gasteiger partial charge in [-0.1, -0.05) is 13.8 Å². The predicted octanol–water partition coefficient (Wildman–Crippen LogP) is -5.47. The fourth-order valence-corrected chi connectivity index (χ4v) is 8.07. The fraction of sp³-hybridized carbons (Fsp3) is 0.547. The van der Waals surface area contributed by atoms with Crippen LogP contribution in [0.3, 0.4) is 0 Å². The van der Waals surface area contributed by atoms with Crippen LogP contribution in [0.5, 0.6) is 0 Å². The molecule has 0 spiro atoms. The van der Waals surface area contributed by atoms with Crippen LogP contribution in [0, 0.1) is 5.92 Å². The summed E-state index contributed by atoms with van der Waals surface area (Å²) in [5, 5.41) is 28.1. The molecule has 0 aliphatic carbocycles. The summed E-state index contributed by atoms with van der Waals surface area (Å²) in [5.74, 6) is -8.85. The van der Waals surface area contributed by atoms with Crippen molar-refractivity contribution in [1.82, 2.24) is 63.1 Å². The molecule has 0 aliphatic heterocycles. The van der Waals surface area contributed by atoms with Crippen LogP contribution >= 0.6 is 12.6 Å². The van der Waals surface area contributed by atoms with Crippen molar-refractivity contribution >= 4 is 95.5 Å². The number of amides is 11. The van der Waals surface area contributed by atoms with Gasteiger partial charge in [0, 0.05) is 69.0 Å². The van der Waals surface area contributed by atoms with Crippen molar-refractivity contribution in [2.45, 2.75) is 135 Å². The van der Waals surface area contributed by atoms with Gasteiger partial charge >= 0.3 is 0 Å². The van der Waals surface area contributed by atoms with E-state index >= 15 is 0 Å². The average molecular weight is 1230 g/mol. The number of hydrogen-bond acceptors (Lipinski definition) is 15. The van der Waals surface area contributed by atoms with E-state index in [1.54, 1.807) is 38.1 Å². The minimum absolute atomic E-state index is 0.00151. The van der Waals surface area contributed by atoms with Crippen molar-refractivity contribution in [1.29, 1.82) is 0 Å². The van der Waals surface area contributed by atoms with E-state index in [1.165, 1.54) is 27.7 Å². The van der Waals surface area contributed by atoms with Gasteiger partial charge in [-0.15, -0.1) is 0 Å². The van der Waals surface area contributed by atoms with Crippen molar-refractivity contribution in [3.05, 3.63) is 54.4 Å². The second-order valence-electron chi connectivity index (χ2n) is 20.3. The van der Waals surface area contributed by atoms with E-state index in [0.29, 0.717) is 5.75 Å². The number of carbonyl (C=O) groups is 11. The molecule has 8 atom stereocenters. The van der Waals surface area contributed by atoms with Crippen LogP contribution in [0.4, 0.5) is 0 Å². The topological polar surface area (TPSA) is 518 Å². The van der Waals surface area contributed by atoms with E-state index in [0.717, 1.165) is 5.69 Å². The number of benzene rings is 1. The van der Waals surface area contributed by atoms with Crippen LogP contribution in [-0.4, -0.2) is 181 Å². The lowest BCUT2D eigenvalue weighted by Crippen LogP contribution is -2.60. The molecule has 11 amide bonds. The number of nitrogens with zero attached hydrogens (tertiary/aromatic N) is 4. The molecule has 0 saturated carbocycles. The zero-order valence-electron chi connectivity index (χ0n) is 49.4. The molecule has 86 heavy (non-hydrogen) atoms. The van der Waals surface area contributed by atoms with Gasteiger partial charge in [0.2, 0.25) is 59.1 Å². The number of aromatic nitrogens is 1. The second-order valence-corrected chi connectivity index (χ2v) is 20.8. The van der Waals surface area contributed by atoms with Gasteiger partial charge in [0.25, 0.3) is 5.91 Å². The predicted molar refractivity (Wildman–Crippen MR) is 325 cm³/mol. The molecular weight excluding hydrogens is 1140 g/mol. The summed E-state index contributed by atoms with van der Waals surface area (Å²) >= 11 is 4.09. The van der Waals surface area contributed by atoms with Gasteiger partial charge in [0.1, 0.15) is 48.3 Å². The molecule has 2 aromatic rings. The summed E-state index contributed by atoms with van der Waals surface area (Å²) in [6.45, 7) is 8.07. The maximum Gasteiger partial charge on any atom is 0.251 e. The Hall–Kier alpha value is -9.17. The second kappa shape index (κ2) is 38.6. The molecule has 0 aliphatic rings. The normalized spacial score (nSPS) is 13.5. The standard InChI is InChI=1S/C53H87N21O11S/c1-29(2)26-39(72-44(79)32(5)67-41(76)28-65-46(81)36(12-9-19-61-51(54)55)70-47(82)37(13-10-20-62-52(56)57)69-43(78)31(4)66-33(6)75)49(84)71-38(14-11-21-63-53(58)59)48(83)73-40(50(85)68-30(3)42(77)60-22-25-86)27-64-45(80)34-15-17-35(18-16-34)74-23-7-8-24-74/h7-8,15-18,23-24,29-32,36-40,86H,9-14,19-22,25-28H2,1-6H3,(H,60,77)(H,64,80)(H,65,81)(H,66,75)(H,67,76)(H,68,85)(H,69,78)(H,70,82)(H,71,84)(H,72,79)(H,73,83)(H4,54,55,61)(H4,56,57,62)(H4,58,59,63)/t30-,31-,32-,36-,37-,38-,39-,40?/m0/s1. The third-order valence-electron chi connectivity index (χ3n) is 12.4. The van der Waals surface area contributed by atoms with Gasteiger partial charge in [0.05, 0.1) is 6.54 Å². The number of thiol groups is 1. The van der Waals surface area contributed by atoms with Crippen LogP contribution in [0.25, 0.3) is 5.69 Å². The summed E-state index contributed by atoms with van der Waals surface area (Å²) in [4.78, 5) is 159. The van der Waals surface area contributed by atoms with E-state index in [1.807, 2.05) is 29.1 Å². The van der Waals surface area contributed by atoms with E-state index in [9.17, 15) is 52.7 Å². The Morgan fingerprint density at radius 3 is 1.37 bits per heavy atom. The first-order valence-corrected chi connectivity index (χ1v) is 28.5. The van der Waals surface area contributed by atoms with Gasteiger partial charge in [-0.2, -0.15) is 12.6 Å². The molecule has 0 fully saturated rings. The van der Waals surface area contributed by atoms with Gasteiger partial charge in [-0.25, -0.2) is 0 Å². The maximum absolute atomic E-state index is 14.3. The summed E-state index contributed by atoms with van der Waals surface area (Å²) < 4.78 is 1.84. The maximum atomic E-state index is 14.3. The van der Waals surface area contributed by atoms with Gasteiger partial charge < -0.3 is 97.5 Å². The van der Waals surface area contributed by atoms with Gasteiger partial charge in [-0.05, 0) is 108 Å². The highest BCUT2D eigenvalue weighted by atomic mass is 32.1. The summed E-state index contributed by atoms with van der Waals surface area (Å²) in [7, 11) is 0. The smallest absolute Gasteiger partial charge is 0.251 e. The Kier molecular flexibility index (Phi) is 32.8. The first-order chi connectivity index (χ1) is 40.6. The Morgan fingerprint density at radius 2 is 0.907 bits per heavy atom. The number of nitrogens with two attached hydrogens (primary N) is 6. The number of hydrogen-bond donors (Lipinski definition) is 18. The number of guanidine groups is 3. The van der Waals surface area contributed by atoms with E-state index in [-0.39, 0.29) is 100 Å². The van der Waals surface area contributed by atoms with Crippen LogP contribution in [0.1, 0.15) is 96.8 Å². The number of nitrogens with one attached hydrogen (secondary N) is 11. The SMILES string of the molecule is CC(=O)N[C@@H](C)C(=O)N[C@@H](CCCN=C(N)N)C(=O)N[C@@H](CCCN=C(N)N)C(=O)NCC(=O)N[C@@H](C)C(=O)N[C@@H](CC(C)C)C(=O)N[C@@H](CCCN=C(N)N)C(=O)NC(CNC(=O)c1ccc(-n2cccc2)cc1)C(=O)N[C@@H](C)C(=O)NCCS. The number of rotatable bonds is 38. The molecule has 0 saturated heterocycles. The van der Waals surface area contributed by atoms with Crippen LogP contribution in [-0.2, 0) is 47.9 Å². The van der Waals surface area contributed by atoms with Crippen LogP contribution in [0.15, 0.2) is 63.8 Å². The van der Waals surface area contributed by atoms with Crippen molar-refractivity contribution in [3.63, 3.8) is 0 Å². The Labute approximate surface area is 504 Å². The highest BCUT2D eigenvalue weighted by Gasteiger charge is 2.33. The van der Waals surface area contributed by atoms with E-state index in [2.05, 4.69) is 86.1 Å². The Bertz CT molecular complexity index is 2680. The van der Waals surface area contributed by atoms with Crippen molar-refractivity contribution < 1.29 is 52.7 Å². The zero-order chi connectivity index (χ0) is 64.5. The van der Waals surface area contributed by atoms with E-state index in [4.69, 9.17) is 34.4 Å². The van der Waals surface area contributed by atoms with E-state index < -0.39 is 126 Å². The van der Waals surface area contributed by atoms with Crippen molar-refractivity contribution in [3.8, 4) is 5.69 Å². The monoisotopic (exact) mass is 1230 g/mol. The van der Waals surface area contributed by atoms with Gasteiger partial charge in [0.15, 0.2) is 17.9 Å². The van der Waals surface area contributed by atoms with Crippen molar-refractivity contribution in [2.24, 2.45) is 55.3 Å². The molecule has 23 N–H and O–H groups in total. The molecular formula is C53H87N21O11S. The molecule has 1 unspecified atom stereocenters. The lowest BCUT2D eigenvalue weighted by Gasteiger charge is -2.27. The first-order valence-electron chi connectivity index (χ1n) is 27.8. The third kappa shape index (κ3) is 28.9. The number of aliphatic imine (C=N–C) groups is 3. The molecule has 0 bridgehead atoms. The molecule has 1 aromatic carbocycles.